The number of fused-ring (bicyclic) bond motifs is 2. The molecule has 3 atom stereocenters. The van der Waals surface area contributed by atoms with Crippen LogP contribution in [0.15, 0.2) is 24.4 Å². The Bertz CT molecular complexity index is 1250. The third-order valence-electron chi connectivity index (χ3n) is 6.42. The van der Waals surface area contributed by atoms with Gasteiger partial charge in [0, 0.05) is 28.4 Å². The molecule has 33 heavy (non-hydrogen) atoms. The normalized spacial score (nSPS) is 22.9. The first-order chi connectivity index (χ1) is 15.4. The van der Waals surface area contributed by atoms with Gasteiger partial charge in [-0.3, -0.25) is 0 Å². The molecule has 0 spiro atoms. The van der Waals surface area contributed by atoms with Crippen molar-refractivity contribution in [2.45, 2.75) is 57.3 Å². The number of aromatic hydroxyl groups is 1. The number of nitrogens with zero attached hydrogens (tertiary/aromatic N) is 2. The minimum atomic E-state index is -5.09. The maximum atomic E-state index is 14.6. The van der Waals surface area contributed by atoms with Gasteiger partial charge >= 0.3 is 6.18 Å². The molecule has 0 bridgehead atoms. The second kappa shape index (κ2) is 7.79. The Hall–Kier alpha value is -3.01. The predicted octanol–water partition coefficient (Wildman–Crippen LogP) is 5.57. The van der Waals surface area contributed by atoms with Crippen molar-refractivity contribution in [1.29, 1.82) is 0 Å². The maximum Gasteiger partial charge on any atom is 0.419 e. The topological polar surface area (TPSA) is 78.3 Å². The molecule has 10 heteroatoms. The first-order valence-corrected chi connectivity index (χ1v) is 10.4. The molecule has 0 amide bonds. The van der Waals surface area contributed by atoms with Crippen molar-refractivity contribution >= 4 is 16.6 Å². The van der Waals surface area contributed by atoms with Crippen molar-refractivity contribution < 1.29 is 32.2 Å². The van der Waals surface area contributed by atoms with E-state index in [4.69, 9.17) is 0 Å². The minimum absolute atomic E-state index is 0.0282. The van der Waals surface area contributed by atoms with Crippen LogP contribution >= 0.6 is 0 Å². The standard InChI is InChI=1S/C23H22F5N3O2/c1-4-12-8-22(33,23(26,27)28)21(13-7-16(25)10(2)20(32)18(12)13)31-17-6-5-15(24)19-14(17)9-29-11(3)30-19/h5-7,9,12,21,31-33H,4,8H2,1-3H3/t12-,21+,22-/m1/s1. The molecule has 0 radical (unpaired) electrons. The largest absolute Gasteiger partial charge is 0.507 e. The fraction of sp³-hybridized carbons (Fsp3) is 0.391. The number of rotatable bonds is 3. The molecule has 1 aliphatic rings. The first-order valence-electron chi connectivity index (χ1n) is 10.4. The molecular weight excluding hydrogens is 445 g/mol. The molecule has 1 heterocycles. The van der Waals surface area contributed by atoms with Crippen LogP contribution in [0, 0.1) is 25.5 Å². The van der Waals surface area contributed by atoms with Crippen LogP contribution in [0.1, 0.15) is 54.2 Å². The van der Waals surface area contributed by atoms with Crippen molar-refractivity contribution in [2.75, 3.05) is 5.32 Å². The molecule has 1 aromatic heterocycles. The molecule has 0 fully saturated rings. The van der Waals surface area contributed by atoms with Crippen molar-refractivity contribution in [2.24, 2.45) is 0 Å². The van der Waals surface area contributed by atoms with Gasteiger partial charge in [-0.15, -0.1) is 0 Å². The van der Waals surface area contributed by atoms with Gasteiger partial charge in [-0.2, -0.15) is 13.2 Å². The molecule has 5 nitrogen and oxygen atoms in total. The molecule has 176 valence electrons. The van der Waals surface area contributed by atoms with E-state index in [1.807, 2.05) is 0 Å². The molecule has 0 saturated carbocycles. The quantitative estimate of drug-likeness (QED) is 0.439. The molecular formula is C23H22F5N3O2. The van der Waals surface area contributed by atoms with Gasteiger partial charge in [-0.25, -0.2) is 18.7 Å². The summed E-state index contributed by atoms with van der Waals surface area (Å²) in [6.45, 7) is 4.50. The number of benzene rings is 2. The van der Waals surface area contributed by atoms with Crippen LogP contribution in [0.5, 0.6) is 5.75 Å². The highest BCUT2D eigenvalue weighted by molar-refractivity contribution is 5.91. The summed E-state index contributed by atoms with van der Waals surface area (Å²) >= 11 is 0. The number of hydrogen-bond donors (Lipinski definition) is 3. The van der Waals surface area contributed by atoms with Gasteiger partial charge in [0.15, 0.2) is 5.60 Å². The second-order valence-corrected chi connectivity index (χ2v) is 8.42. The summed E-state index contributed by atoms with van der Waals surface area (Å²) in [5, 5.41) is 24.4. The van der Waals surface area contributed by atoms with E-state index >= 15 is 0 Å². The van der Waals surface area contributed by atoms with E-state index in [0.717, 1.165) is 12.1 Å². The van der Waals surface area contributed by atoms with Gasteiger partial charge in [0.25, 0.3) is 0 Å². The summed E-state index contributed by atoms with van der Waals surface area (Å²) in [5.74, 6) is -2.62. The van der Waals surface area contributed by atoms with E-state index in [-0.39, 0.29) is 45.5 Å². The van der Waals surface area contributed by atoms with Crippen LogP contribution < -0.4 is 5.32 Å². The number of hydrogen-bond acceptors (Lipinski definition) is 5. The van der Waals surface area contributed by atoms with E-state index in [1.165, 1.54) is 26.1 Å². The van der Waals surface area contributed by atoms with E-state index in [2.05, 4.69) is 15.3 Å². The summed E-state index contributed by atoms with van der Waals surface area (Å²) in [7, 11) is 0. The van der Waals surface area contributed by atoms with Crippen LogP contribution in [-0.2, 0) is 0 Å². The highest BCUT2D eigenvalue weighted by Crippen LogP contribution is 2.55. The van der Waals surface area contributed by atoms with Crippen molar-refractivity contribution in [3.8, 4) is 5.75 Å². The lowest BCUT2D eigenvalue weighted by molar-refractivity contribution is -0.272. The SMILES string of the molecule is CC[C@@H]1C[C@](O)(C(F)(F)F)[C@@H](Nc2ccc(F)c3nc(C)ncc23)c2cc(F)c(C)c(O)c21. The Balaban J connectivity index is 1.97. The zero-order valence-corrected chi connectivity index (χ0v) is 18.1. The van der Waals surface area contributed by atoms with Crippen molar-refractivity contribution in [3.63, 3.8) is 0 Å². The number of phenolic OH excluding ortho intramolecular Hbond substituents is 1. The lowest BCUT2D eigenvalue weighted by Gasteiger charge is -2.46. The Morgan fingerprint density at radius 2 is 1.88 bits per heavy atom. The monoisotopic (exact) mass is 467 g/mol. The van der Waals surface area contributed by atoms with Gasteiger partial charge in [-0.05, 0) is 56.4 Å². The number of alkyl halides is 3. The molecule has 3 aromatic rings. The maximum absolute atomic E-state index is 14.6. The average molecular weight is 467 g/mol. The molecule has 3 N–H and O–H groups in total. The van der Waals surface area contributed by atoms with Crippen LogP contribution in [0.3, 0.4) is 0 Å². The fourth-order valence-corrected chi connectivity index (χ4v) is 4.58. The molecule has 1 aliphatic carbocycles. The number of aliphatic hydroxyl groups is 1. The van der Waals surface area contributed by atoms with E-state index in [9.17, 15) is 32.2 Å². The van der Waals surface area contributed by atoms with Gasteiger partial charge in [-0.1, -0.05) is 6.92 Å². The van der Waals surface area contributed by atoms with E-state index in [0.29, 0.717) is 0 Å². The van der Waals surface area contributed by atoms with Gasteiger partial charge in [0.2, 0.25) is 0 Å². The highest BCUT2D eigenvalue weighted by Gasteiger charge is 2.62. The van der Waals surface area contributed by atoms with Gasteiger partial charge < -0.3 is 15.5 Å². The summed E-state index contributed by atoms with van der Waals surface area (Å²) in [4.78, 5) is 8.01. The summed E-state index contributed by atoms with van der Waals surface area (Å²) in [6, 6.07) is 1.28. The Kier molecular flexibility index (Phi) is 5.47. The van der Waals surface area contributed by atoms with Gasteiger partial charge in [0.05, 0.1) is 6.04 Å². The molecule has 0 unspecified atom stereocenters. The number of aromatic nitrogens is 2. The number of aryl methyl sites for hydroxylation is 1. The lowest BCUT2D eigenvalue weighted by atomic mass is 9.68. The van der Waals surface area contributed by atoms with Crippen molar-refractivity contribution in [3.05, 3.63) is 58.5 Å². The Morgan fingerprint density at radius 1 is 1.18 bits per heavy atom. The highest BCUT2D eigenvalue weighted by atomic mass is 19.4. The van der Waals surface area contributed by atoms with E-state index < -0.39 is 47.5 Å². The Morgan fingerprint density at radius 3 is 2.52 bits per heavy atom. The summed E-state index contributed by atoms with van der Waals surface area (Å²) < 4.78 is 71.7. The Labute approximate surface area is 186 Å². The summed E-state index contributed by atoms with van der Waals surface area (Å²) in [5.41, 5.74) is -3.51. The number of halogens is 5. The molecule has 0 saturated heterocycles. The smallest absolute Gasteiger partial charge is 0.419 e. The number of phenols is 1. The minimum Gasteiger partial charge on any atom is -0.507 e. The first kappa shape index (κ1) is 23.2. The third-order valence-corrected chi connectivity index (χ3v) is 6.42. The van der Waals surface area contributed by atoms with Crippen LogP contribution in [0.25, 0.3) is 10.9 Å². The fourth-order valence-electron chi connectivity index (χ4n) is 4.58. The van der Waals surface area contributed by atoms with Gasteiger partial charge in [0.1, 0.15) is 28.7 Å². The average Bonchev–Trinajstić information content (AvgIpc) is 2.74. The molecule has 4 rings (SSSR count). The lowest BCUT2D eigenvalue weighted by Crippen LogP contribution is -2.55. The van der Waals surface area contributed by atoms with E-state index in [1.54, 1.807) is 6.92 Å². The zero-order chi connectivity index (χ0) is 24.3. The second-order valence-electron chi connectivity index (χ2n) is 8.42. The van der Waals surface area contributed by atoms with Crippen LogP contribution in [-0.4, -0.2) is 32.0 Å². The molecule has 0 aliphatic heterocycles. The van der Waals surface area contributed by atoms with Crippen LogP contribution in [0.4, 0.5) is 27.6 Å². The molecule has 2 aromatic carbocycles. The zero-order valence-electron chi connectivity index (χ0n) is 18.1. The third kappa shape index (κ3) is 3.56. The van der Waals surface area contributed by atoms with Crippen molar-refractivity contribution in [1.82, 2.24) is 9.97 Å². The predicted molar refractivity (Wildman–Crippen MR) is 112 cm³/mol. The number of nitrogens with one attached hydrogen (secondary N) is 1. The van der Waals surface area contributed by atoms with Crippen LogP contribution in [0.2, 0.25) is 0 Å². The summed E-state index contributed by atoms with van der Waals surface area (Å²) in [6.07, 6.45) is -4.38. The number of anilines is 1.